The number of nitrogens with zero attached hydrogens (tertiary/aromatic N) is 1. The second kappa shape index (κ2) is 6.62. The van der Waals surface area contributed by atoms with Crippen molar-refractivity contribution in [2.24, 2.45) is 5.73 Å². The van der Waals surface area contributed by atoms with Crippen molar-refractivity contribution in [2.45, 2.75) is 58.0 Å². The van der Waals surface area contributed by atoms with Gasteiger partial charge in [-0.3, -0.25) is 0 Å². The van der Waals surface area contributed by atoms with Crippen LogP contribution in [0.25, 0.3) is 0 Å². The minimum atomic E-state index is 0.142. The van der Waals surface area contributed by atoms with Crippen molar-refractivity contribution in [1.29, 1.82) is 0 Å². The molecule has 1 aliphatic heterocycles. The summed E-state index contributed by atoms with van der Waals surface area (Å²) in [5.74, 6) is 0. The van der Waals surface area contributed by atoms with Crippen LogP contribution in [0.15, 0.2) is 18.2 Å². The Kier molecular flexibility index (Phi) is 5.12. The molecule has 0 saturated carbocycles. The fraction of sp³-hybridized carbons (Fsp3) is 0.625. The SMILES string of the molecule is CCC1CCCCN1c1cccc(Cl)c1CC(C)N. The van der Waals surface area contributed by atoms with Crippen LogP contribution in [0.1, 0.15) is 45.1 Å². The zero-order valence-corrected chi connectivity index (χ0v) is 12.8. The van der Waals surface area contributed by atoms with E-state index in [4.69, 9.17) is 17.3 Å². The molecule has 0 spiro atoms. The number of benzene rings is 1. The van der Waals surface area contributed by atoms with Crippen molar-refractivity contribution in [3.63, 3.8) is 0 Å². The average Bonchev–Trinajstić information content (AvgIpc) is 2.40. The molecular weight excluding hydrogens is 256 g/mol. The summed E-state index contributed by atoms with van der Waals surface area (Å²) in [4.78, 5) is 2.55. The lowest BCUT2D eigenvalue weighted by atomic mass is 9.96. The van der Waals surface area contributed by atoms with E-state index in [1.807, 2.05) is 13.0 Å². The lowest BCUT2D eigenvalue weighted by molar-refractivity contribution is 0.449. The minimum Gasteiger partial charge on any atom is -0.368 e. The Balaban J connectivity index is 2.34. The molecule has 0 amide bonds. The molecule has 2 unspecified atom stereocenters. The zero-order valence-electron chi connectivity index (χ0n) is 12.0. The van der Waals surface area contributed by atoms with Gasteiger partial charge in [0, 0.05) is 29.3 Å². The maximum Gasteiger partial charge on any atom is 0.0459 e. The van der Waals surface area contributed by atoms with Crippen LogP contribution in [0.4, 0.5) is 5.69 Å². The summed E-state index contributed by atoms with van der Waals surface area (Å²) < 4.78 is 0. The Morgan fingerprint density at radius 1 is 1.42 bits per heavy atom. The minimum absolute atomic E-state index is 0.142. The van der Waals surface area contributed by atoms with Gasteiger partial charge in [0.1, 0.15) is 0 Å². The molecule has 1 aromatic rings. The van der Waals surface area contributed by atoms with E-state index in [0.29, 0.717) is 6.04 Å². The number of hydrogen-bond donors (Lipinski definition) is 1. The first kappa shape index (κ1) is 14.7. The van der Waals surface area contributed by atoms with Gasteiger partial charge in [0.25, 0.3) is 0 Å². The van der Waals surface area contributed by atoms with Gasteiger partial charge in [0.05, 0.1) is 0 Å². The second-order valence-corrected chi connectivity index (χ2v) is 6.08. The number of rotatable bonds is 4. The van der Waals surface area contributed by atoms with Crippen LogP contribution in [-0.4, -0.2) is 18.6 Å². The third kappa shape index (κ3) is 3.43. The van der Waals surface area contributed by atoms with E-state index >= 15 is 0 Å². The maximum atomic E-state index is 6.40. The van der Waals surface area contributed by atoms with Crippen LogP contribution < -0.4 is 10.6 Å². The summed E-state index contributed by atoms with van der Waals surface area (Å²) in [5.41, 5.74) is 8.51. The van der Waals surface area contributed by atoms with Crippen molar-refractivity contribution >= 4 is 17.3 Å². The predicted molar refractivity (Wildman–Crippen MR) is 84.1 cm³/mol. The molecule has 1 aliphatic rings. The van der Waals surface area contributed by atoms with Crippen LogP contribution in [0.2, 0.25) is 5.02 Å². The number of anilines is 1. The Morgan fingerprint density at radius 2 is 2.21 bits per heavy atom. The van der Waals surface area contributed by atoms with Gasteiger partial charge in [-0.05, 0) is 56.7 Å². The predicted octanol–water partition coefficient (Wildman–Crippen LogP) is 4.00. The number of halogens is 1. The van der Waals surface area contributed by atoms with Crippen molar-refractivity contribution in [2.75, 3.05) is 11.4 Å². The summed E-state index contributed by atoms with van der Waals surface area (Å²) in [6.07, 6.45) is 5.96. The Bertz CT molecular complexity index is 417. The van der Waals surface area contributed by atoms with Crippen LogP contribution >= 0.6 is 11.6 Å². The molecule has 2 N–H and O–H groups in total. The molecule has 2 rings (SSSR count). The van der Waals surface area contributed by atoms with Crippen LogP contribution in [-0.2, 0) is 6.42 Å². The summed E-state index contributed by atoms with van der Waals surface area (Å²) >= 11 is 6.40. The summed E-state index contributed by atoms with van der Waals surface area (Å²) in [6.45, 7) is 5.46. The standard InChI is InChI=1S/C16H25ClN2/c1-3-13-7-4-5-10-19(13)16-9-6-8-15(17)14(16)11-12(2)18/h6,8-9,12-13H,3-5,7,10-11,18H2,1-2H3. The average molecular weight is 281 g/mol. The van der Waals surface area contributed by atoms with E-state index in [9.17, 15) is 0 Å². The molecule has 3 heteroatoms. The first-order valence-electron chi connectivity index (χ1n) is 7.43. The van der Waals surface area contributed by atoms with Gasteiger partial charge in [-0.25, -0.2) is 0 Å². The first-order chi connectivity index (χ1) is 9.13. The van der Waals surface area contributed by atoms with Crippen molar-refractivity contribution in [3.8, 4) is 0 Å². The second-order valence-electron chi connectivity index (χ2n) is 5.67. The molecule has 1 aromatic carbocycles. The van der Waals surface area contributed by atoms with Gasteiger partial charge in [-0.1, -0.05) is 24.6 Å². The lowest BCUT2D eigenvalue weighted by Gasteiger charge is -2.38. The highest BCUT2D eigenvalue weighted by molar-refractivity contribution is 6.31. The smallest absolute Gasteiger partial charge is 0.0459 e. The molecule has 1 heterocycles. The first-order valence-corrected chi connectivity index (χ1v) is 7.81. The quantitative estimate of drug-likeness (QED) is 0.903. The Labute approximate surface area is 121 Å². The fourth-order valence-electron chi connectivity index (χ4n) is 3.08. The summed E-state index contributed by atoms with van der Waals surface area (Å²) in [6, 6.07) is 7.04. The highest BCUT2D eigenvalue weighted by Crippen LogP contribution is 2.33. The van der Waals surface area contributed by atoms with E-state index in [1.165, 1.54) is 36.9 Å². The lowest BCUT2D eigenvalue weighted by Crippen LogP contribution is -2.40. The van der Waals surface area contributed by atoms with E-state index in [-0.39, 0.29) is 6.04 Å². The Morgan fingerprint density at radius 3 is 2.89 bits per heavy atom. The van der Waals surface area contributed by atoms with E-state index in [0.717, 1.165) is 18.0 Å². The van der Waals surface area contributed by atoms with E-state index in [2.05, 4.69) is 24.0 Å². The van der Waals surface area contributed by atoms with Gasteiger partial charge in [0.2, 0.25) is 0 Å². The molecule has 2 atom stereocenters. The number of nitrogens with two attached hydrogens (primary N) is 1. The number of hydrogen-bond acceptors (Lipinski definition) is 2. The van der Waals surface area contributed by atoms with Crippen molar-refractivity contribution in [3.05, 3.63) is 28.8 Å². The van der Waals surface area contributed by atoms with Gasteiger partial charge in [-0.2, -0.15) is 0 Å². The maximum absolute atomic E-state index is 6.40. The van der Waals surface area contributed by atoms with Crippen molar-refractivity contribution in [1.82, 2.24) is 0 Å². The summed E-state index contributed by atoms with van der Waals surface area (Å²) in [5, 5.41) is 0.857. The van der Waals surface area contributed by atoms with Crippen LogP contribution in [0, 0.1) is 0 Å². The van der Waals surface area contributed by atoms with Crippen LogP contribution in [0.5, 0.6) is 0 Å². The van der Waals surface area contributed by atoms with Gasteiger partial charge >= 0.3 is 0 Å². The van der Waals surface area contributed by atoms with Crippen molar-refractivity contribution < 1.29 is 0 Å². The third-order valence-corrected chi connectivity index (χ3v) is 4.38. The number of piperidine rings is 1. The normalized spacial score (nSPS) is 21.5. The van der Waals surface area contributed by atoms with E-state index < -0.39 is 0 Å². The molecule has 1 saturated heterocycles. The molecule has 0 aliphatic carbocycles. The highest BCUT2D eigenvalue weighted by Gasteiger charge is 2.24. The molecular formula is C16H25ClN2. The molecule has 2 nitrogen and oxygen atoms in total. The molecule has 0 aromatic heterocycles. The monoisotopic (exact) mass is 280 g/mol. The molecule has 19 heavy (non-hydrogen) atoms. The van der Waals surface area contributed by atoms with Gasteiger partial charge < -0.3 is 10.6 Å². The Hall–Kier alpha value is -0.730. The molecule has 0 bridgehead atoms. The molecule has 0 radical (unpaired) electrons. The fourth-order valence-corrected chi connectivity index (χ4v) is 3.33. The van der Waals surface area contributed by atoms with Crippen LogP contribution in [0.3, 0.4) is 0 Å². The topological polar surface area (TPSA) is 29.3 Å². The third-order valence-electron chi connectivity index (χ3n) is 4.03. The van der Waals surface area contributed by atoms with E-state index in [1.54, 1.807) is 0 Å². The molecule has 106 valence electrons. The summed E-state index contributed by atoms with van der Waals surface area (Å²) in [7, 11) is 0. The van der Waals surface area contributed by atoms with Gasteiger partial charge in [-0.15, -0.1) is 0 Å². The largest absolute Gasteiger partial charge is 0.368 e. The zero-order chi connectivity index (χ0) is 13.8. The molecule has 1 fully saturated rings. The highest BCUT2D eigenvalue weighted by atomic mass is 35.5. The van der Waals surface area contributed by atoms with Gasteiger partial charge in [0.15, 0.2) is 0 Å².